The summed E-state index contributed by atoms with van der Waals surface area (Å²) in [5.41, 5.74) is 14.6. The Morgan fingerprint density at radius 1 is 1.26 bits per heavy atom. The van der Waals surface area contributed by atoms with Gasteiger partial charge in [0.25, 0.3) is 0 Å². The third kappa shape index (κ3) is 4.45. The van der Waals surface area contributed by atoms with E-state index in [4.69, 9.17) is 20.9 Å². The van der Waals surface area contributed by atoms with Crippen molar-refractivity contribution in [2.75, 3.05) is 26.8 Å². The van der Waals surface area contributed by atoms with Crippen molar-refractivity contribution in [1.29, 1.82) is 0 Å². The Labute approximate surface area is 162 Å². The van der Waals surface area contributed by atoms with Crippen molar-refractivity contribution in [1.82, 2.24) is 4.90 Å². The molecule has 1 aromatic carbocycles. The van der Waals surface area contributed by atoms with Crippen LogP contribution in [-0.4, -0.2) is 43.5 Å². The summed E-state index contributed by atoms with van der Waals surface area (Å²) in [5.74, 6) is 2.66. The second-order valence-corrected chi connectivity index (χ2v) is 7.68. The maximum atomic E-state index is 6.68. The number of benzene rings is 1. The van der Waals surface area contributed by atoms with Crippen molar-refractivity contribution in [2.45, 2.75) is 45.2 Å². The van der Waals surface area contributed by atoms with E-state index >= 15 is 0 Å². The fraction of sp³-hybridized carbons (Fsp3) is 0.571. The number of aliphatic imine (C=N–C) groups is 1. The topological polar surface area (TPSA) is 86.1 Å². The highest BCUT2D eigenvalue weighted by atomic mass is 16.5. The van der Waals surface area contributed by atoms with Gasteiger partial charge in [0.05, 0.1) is 19.3 Å². The molecule has 0 saturated carbocycles. The minimum absolute atomic E-state index is 0.360. The molecule has 27 heavy (non-hydrogen) atoms. The number of hydrogen-bond donors (Lipinski definition) is 2. The first-order valence-electron chi connectivity index (χ1n) is 9.76. The first-order chi connectivity index (χ1) is 12.9. The van der Waals surface area contributed by atoms with Gasteiger partial charge in [0.1, 0.15) is 5.82 Å². The molecule has 1 unspecified atom stereocenters. The number of hydrogen-bond acceptors (Lipinski definition) is 6. The molecule has 1 saturated heterocycles. The molecule has 6 heteroatoms. The third-order valence-electron chi connectivity index (χ3n) is 5.73. The van der Waals surface area contributed by atoms with E-state index in [9.17, 15) is 0 Å². The molecule has 0 bridgehead atoms. The molecular formula is C21H32N4O2. The number of nitrogens with zero attached hydrogens (tertiary/aromatic N) is 2. The lowest BCUT2D eigenvalue weighted by Crippen LogP contribution is -2.53. The Hall–Kier alpha value is -2.05. The first-order valence-corrected chi connectivity index (χ1v) is 9.76. The van der Waals surface area contributed by atoms with E-state index in [0.717, 1.165) is 56.0 Å². The summed E-state index contributed by atoms with van der Waals surface area (Å²) in [7, 11) is 1.67. The minimum Gasteiger partial charge on any atom is -0.493 e. The Morgan fingerprint density at radius 2 is 2.00 bits per heavy atom. The summed E-state index contributed by atoms with van der Waals surface area (Å²) in [4.78, 5) is 6.82. The monoisotopic (exact) mass is 372 g/mol. The van der Waals surface area contributed by atoms with E-state index < -0.39 is 0 Å². The highest BCUT2D eigenvalue weighted by Crippen LogP contribution is 2.34. The van der Waals surface area contributed by atoms with Crippen molar-refractivity contribution in [2.24, 2.45) is 22.4 Å². The van der Waals surface area contributed by atoms with Gasteiger partial charge in [0.2, 0.25) is 0 Å². The minimum atomic E-state index is -0.360. The zero-order chi connectivity index (χ0) is 19.4. The van der Waals surface area contributed by atoms with Crippen LogP contribution in [0.2, 0.25) is 0 Å². The smallest absolute Gasteiger partial charge is 0.161 e. The molecule has 148 valence electrons. The normalized spacial score (nSPS) is 24.3. The molecule has 6 nitrogen and oxygen atoms in total. The quantitative estimate of drug-likeness (QED) is 0.802. The van der Waals surface area contributed by atoms with Crippen LogP contribution in [0.25, 0.3) is 0 Å². The highest BCUT2D eigenvalue weighted by Gasteiger charge is 2.37. The number of rotatable bonds is 6. The summed E-state index contributed by atoms with van der Waals surface area (Å²) in [6.07, 6.45) is 4.84. The van der Waals surface area contributed by atoms with Gasteiger partial charge < -0.3 is 20.9 Å². The van der Waals surface area contributed by atoms with E-state index in [1.807, 2.05) is 26.1 Å². The average molecular weight is 373 g/mol. The van der Waals surface area contributed by atoms with Crippen LogP contribution in [0.3, 0.4) is 0 Å². The predicted molar refractivity (Wildman–Crippen MR) is 109 cm³/mol. The number of piperidine rings is 1. The van der Waals surface area contributed by atoms with Gasteiger partial charge in [-0.25, -0.2) is 4.99 Å². The number of likely N-dealkylation sites (tertiary alicyclic amines) is 1. The summed E-state index contributed by atoms with van der Waals surface area (Å²) in [5, 5.41) is 0. The molecule has 2 aliphatic rings. The fourth-order valence-corrected chi connectivity index (χ4v) is 4.12. The van der Waals surface area contributed by atoms with Gasteiger partial charge in [-0.15, -0.1) is 0 Å². The predicted octanol–water partition coefficient (Wildman–Crippen LogP) is 2.67. The Balaban J connectivity index is 1.59. The molecule has 1 fully saturated rings. The van der Waals surface area contributed by atoms with Crippen LogP contribution in [-0.2, 0) is 6.54 Å². The van der Waals surface area contributed by atoms with E-state index in [1.54, 1.807) is 7.11 Å². The number of ether oxygens (including phenoxy) is 2. The second kappa shape index (κ2) is 8.31. The molecule has 2 aliphatic heterocycles. The van der Waals surface area contributed by atoms with Crippen molar-refractivity contribution < 1.29 is 9.47 Å². The fourth-order valence-electron chi connectivity index (χ4n) is 4.12. The summed E-state index contributed by atoms with van der Waals surface area (Å²) in [6, 6.07) is 6.19. The zero-order valence-corrected chi connectivity index (χ0v) is 16.7. The Kier molecular flexibility index (Phi) is 6.07. The second-order valence-electron chi connectivity index (χ2n) is 7.68. The summed E-state index contributed by atoms with van der Waals surface area (Å²) in [6.45, 7) is 7.62. The lowest BCUT2D eigenvalue weighted by Gasteiger charge is -2.42. The molecule has 2 heterocycles. The standard InChI is InChI=1S/C21H32N4O2/c1-4-27-19-11-16(5-6-18(19)26-3)13-25-9-7-17(8-10-25)21(23)12-15(2)20(22)24-14-21/h5-6,11,14,17H,4,7-10,12-13,22-23H2,1-3H3. The van der Waals surface area contributed by atoms with Crippen molar-refractivity contribution in [3.63, 3.8) is 0 Å². The average Bonchev–Trinajstić information content (AvgIpc) is 2.66. The van der Waals surface area contributed by atoms with Gasteiger partial charge in [-0.2, -0.15) is 0 Å². The van der Waals surface area contributed by atoms with Gasteiger partial charge in [-0.3, -0.25) is 4.90 Å². The summed E-state index contributed by atoms with van der Waals surface area (Å²) >= 11 is 0. The molecular weight excluding hydrogens is 340 g/mol. The third-order valence-corrected chi connectivity index (χ3v) is 5.73. The maximum absolute atomic E-state index is 6.68. The number of nitrogens with two attached hydrogens (primary N) is 2. The van der Waals surface area contributed by atoms with Crippen molar-refractivity contribution in [3.8, 4) is 11.5 Å². The van der Waals surface area contributed by atoms with E-state index in [2.05, 4.69) is 22.0 Å². The van der Waals surface area contributed by atoms with Crippen LogP contribution in [0, 0.1) is 5.92 Å². The highest BCUT2D eigenvalue weighted by molar-refractivity contribution is 5.74. The number of methoxy groups -OCH3 is 1. The first kappa shape index (κ1) is 19.7. The van der Waals surface area contributed by atoms with E-state index in [-0.39, 0.29) is 5.54 Å². The molecule has 0 radical (unpaired) electrons. The summed E-state index contributed by atoms with van der Waals surface area (Å²) < 4.78 is 11.1. The maximum Gasteiger partial charge on any atom is 0.161 e. The molecule has 3 rings (SSSR count). The molecule has 0 spiro atoms. The molecule has 4 N–H and O–H groups in total. The molecule has 0 amide bonds. The largest absolute Gasteiger partial charge is 0.493 e. The molecule has 0 aliphatic carbocycles. The van der Waals surface area contributed by atoms with Gasteiger partial charge in [-0.05, 0) is 75.4 Å². The zero-order valence-electron chi connectivity index (χ0n) is 16.7. The molecule has 1 atom stereocenters. The van der Waals surface area contributed by atoms with Crippen LogP contribution in [0.15, 0.2) is 34.6 Å². The van der Waals surface area contributed by atoms with Crippen molar-refractivity contribution >= 4 is 6.21 Å². The van der Waals surface area contributed by atoms with Crippen molar-refractivity contribution in [3.05, 3.63) is 35.2 Å². The Bertz CT molecular complexity index is 723. The van der Waals surface area contributed by atoms with E-state index in [0.29, 0.717) is 18.3 Å². The van der Waals surface area contributed by atoms with Gasteiger partial charge in [0, 0.05) is 12.8 Å². The molecule has 0 aromatic heterocycles. The van der Waals surface area contributed by atoms with E-state index in [1.165, 1.54) is 5.56 Å². The van der Waals surface area contributed by atoms with Crippen LogP contribution in [0.1, 0.15) is 38.7 Å². The van der Waals surface area contributed by atoms with Gasteiger partial charge >= 0.3 is 0 Å². The van der Waals surface area contributed by atoms with Crippen LogP contribution < -0.4 is 20.9 Å². The lowest BCUT2D eigenvalue weighted by molar-refractivity contribution is 0.148. The van der Waals surface area contributed by atoms with Gasteiger partial charge in [-0.1, -0.05) is 6.07 Å². The lowest BCUT2D eigenvalue weighted by atomic mass is 9.74. The van der Waals surface area contributed by atoms with Crippen LogP contribution in [0.5, 0.6) is 11.5 Å². The van der Waals surface area contributed by atoms with Crippen LogP contribution in [0.4, 0.5) is 0 Å². The Morgan fingerprint density at radius 3 is 2.63 bits per heavy atom. The van der Waals surface area contributed by atoms with Crippen LogP contribution >= 0.6 is 0 Å². The van der Waals surface area contributed by atoms with Gasteiger partial charge in [0.15, 0.2) is 11.5 Å². The molecule has 1 aromatic rings. The SMILES string of the molecule is CCOc1cc(CN2CCC(C3(N)C=NC(N)=C(C)C3)CC2)ccc1OC.